The van der Waals surface area contributed by atoms with Crippen molar-refractivity contribution >= 4 is 18.0 Å². The monoisotopic (exact) mass is 474 g/mol. The average Bonchev–Trinajstić information content (AvgIpc) is 3.64. The van der Waals surface area contributed by atoms with Crippen LogP contribution in [-0.4, -0.2) is 52.7 Å². The van der Waals surface area contributed by atoms with E-state index in [0.717, 1.165) is 19.3 Å². The van der Waals surface area contributed by atoms with Gasteiger partial charge in [-0.2, -0.15) is 0 Å². The number of alkyl carbamates (subject to hydrolysis) is 1. The third-order valence-corrected chi connectivity index (χ3v) is 8.56. The molecule has 2 N–H and O–H groups in total. The Hall–Kier alpha value is -3.35. The van der Waals surface area contributed by atoms with E-state index in [1.54, 1.807) is 0 Å². The summed E-state index contributed by atoms with van der Waals surface area (Å²) in [7, 11) is 0. The lowest BCUT2D eigenvalue weighted by Gasteiger charge is -2.26. The lowest BCUT2D eigenvalue weighted by molar-refractivity contribution is -0.143. The summed E-state index contributed by atoms with van der Waals surface area (Å²) in [6, 6.07) is 16.3. The molecule has 2 bridgehead atoms. The minimum absolute atomic E-state index is 0.0128. The van der Waals surface area contributed by atoms with E-state index in [2.05, 4.69) is 29.6 Å². The zero-order valence-electron chi connectivity index (χ0n) is 19.6. The van der Waals surface area contributed by atoms with Gasteiger partial charge in [0.15, 0.2) is 0 Å². The summed E-state index contributed by atoms with van der Waals surface area (Å²) in [5.74, 6) is -1.31. The number of aliphatic carboxylic acids is 1. The molecule has 35 heavy (non-hydrogen) atoms. The summed E-state index contributed by atoms with van der Waals surface area (Å²) in [6.45, 7) is 0.267. The Morgan fingerprint density at radius 1 is 0.914 bits per heavy atom. The molecule has 7 nitrogen and oxygen atoms in total. The molecule has 6 rings (SSSR count). The highest BCUT2D eigenvalue weighted by molar-refractivity contribution is 5.83. The number of hydrogen-bond donors (Lipinski definition) is 2. The molecular formula is C28H30N2O5. The fourth-order valence-corrected chi connectivity index (χ4v) is 6.95. The number of carbonyl (C=O) groups excluding carboxylic acids is 2. The molecule has 2 saturated heterocycles. The average molecular weight is 475 g/mol. The first-order valence-corrected chi connectivity index (χ1v) is 12.7. The second-order valence-electron chi connectivity index (χ2n) is 10.4. The minimum Gasteiger partial charge on any atom is -0.481 e. The molecular weight excluding hydrogens is 444 g/mol. The highest BCUT2D eigenvalue weighted by Gasteiger charge is 2.52. The molecule has 2 aromatic carbocycles. The standard InChI is InChI=1S/C28H30N2O5/c31-26(30-18-11-12-25(30)23(14-18)27(32)33)16-9-10-17(13-16)29-28(34)35-15-24-21-7-3-1-5-19(21)20-6-2-4-8-22(20)24/h1-8,16-18,23-25H,9-15H2,(H,29,34)(H,32,33)/t16-,17+,18?,23?,25?/m1/s1. The molecule has 7 heteroatoms. The number of benzene rings is 2. The van der Waals surface area contributed by atoms with Gasteiger partial charge in [-0.15, -0.1) is 0 Å². The maximum atomic E-state index is 13.2. The molecule has 3 unspecified atom stereocenters. The number of nitrogens with one attached hydrogen (secondary N) is 1. The van der Waals surface area contributed by atoms with Crippen molar-refractivity contribution in [2.45, 2.75) is 62.6 Å². The highest BCUT2D eigenvalue weighted by Crippen LogP contribution is 2.45. The summed E-state index contributed by atoms with van der Waals surface area (Å²) in [5.41, 5.74) is 4.73. The van der Waals surface area contributed by atoms with Crippen LogP contribution in [-0.2, 0) is 14.3 Å². The van der Waals surface area contributed by atoms with Crippen molar-refractivity contribution in [1.82, 2.24) is 10.2 Å². The molecule has 1 saturated carbocycles. The topological polar surface area (TPSA) is 95.9 Å². The van der Waals surface area contributed by atoms with Crippen LogP contribution in [0.5, 0.6) is 0 Å². The molecule has 3 fully saturated rings. The van der Waals surface area contributed by atoms with Gasteiger partial charge in [0.25, 0.3) is 0 Å². The summed E-state index contributed by atoms with van der Waals surface area (Å²) in [5, 5.41) is 12.4. The lowest BCUT2D eigenvalue weighted by Crippen LogP contribution is -2.41. The number of carbonyl (C=O) groups is 3. The third kappa shape index (κ3) is 3.77. The van der Waals surface area contributed by atoms with Crippen molar-refractivity contribution in [1.29, 1.82) is 0 Å². The van der Waals surface area contributed by atoms with Crippen LogP contribution >= 0.6 is 0 Å². The van der Waals surface area contributed by atoms with E-state index in [0.29, 0.717) is 19.3 Å². The van der Waals surface area contributed by atoms with Crippen molar-refractivity contribution in [3.05, 3.63) is 59.7 Å². The van der Waals surface area contributed by atoms with E-state index in [1.807, 2.05) is 29.2 Å². The van der Waals surface area contributed by atoms with Gasteiger partial charge in [0, 0.05) is 30.0 Å². The van der Waals surface area contributed by atoms with Gasteiger partial charge in [-0.25, -0.2) is 4.79 Å². The van der Waals surface area contributed by atoms with Crippen molar-refractivity contribution in [2.24, 2.45) is 11.8 Å². The van der Waals surface area contributed by atoms with Crippen molar-refractivity contribution in [2.75, 3.05) is 6.61 Å². The van der Waals surface area contributed by atoms with Crippen molar-refractivity contribution in [3.8, 4) is 11.1 Å². The smallest absolute Gasteiger partial charge is 0.407 e. The number of carboxylic acid groups (broad SMARTS) is 1. The van der Waals surface area contributed by atoms with E-state index >= 15 is 0 Å². The van der Waals surface area contributed by atoms with Crippen molar-refractivity contribution in [3.63, 3.8) is 0 Å². The number of carboxylic acids is 1. The second-order valence-corrected chi connectivity index (χ2v) is 10.4. The van der Waals surface area contributed by atoms with Crippen LogP contribution in [0.4, 0.5) is 4.79 Å². The number of rotatable bonds is 5. The lowest BCUT2D eigenvalue weighted by atomic mass is 9.89. The van der Waals surface area contributed by atoms with Crippen LogP contribution in [0, 0.1) is 11.8 Å². The van der Waals surface area contributed by atoms with Crippen LogP contribution < -0.4 is 5.32 Å². The van der Waals surface area contributed by atoms with Gasteiger partial charge >= 0.3 is 12.1 Å². The van der Waals surface area contributed by atoms with E-state index in [1.165, 1.54) is 22.3 Å². The summed E-state index contributed by atoms with van der Waals surface area (Å²) < 4.78 is 5.67. The zero-order chi connectivity index (χ0) is 24.1. The Labute approximate surface area is 204 Å². The Kier molecular flexibility index (Phi) is 5.50. The molecule has 2 aromatic rings. The summed E-state index contributed by atoms with van der Waals surface area (Å²) >= 11 is 0. The normalized spacial score (nSPS) is 28.6. The first-order valence-electron chi connectivity index (χ1n) is 12.7. The Bertz CT molecular complexity index is 1130. The summed E-state index contributed by atoms with van der Waals surface area (Å²) in [4.78, 5) is 39.3. The van der Waals surface area contributed by atoms with Crippen molar-refractivity contribution < 1.29 is 24.2 Å². The molecule has 2 aliphatic carbocycles. The number of fused-ring (bicyclic) bond motifs is 5. The van der Waals surface area contributed by atoms with Gasteiger partial charge in [0.05, 0.1) is 5.92 Å². The molecule has 182 valence electrons. The van der Waals surface area contributed by atoms with E-state index in [-0.39, 0.29) is 42.5 Å². The molecule has 2 heterocycles. The number of hydrogen-bond acceptors (Lipinski definition) is 4. The molecule has 0 spiro atoms. The molecule has 0 aromatic heterocycles. The number of amides is 2. The SMILES string of the molecule is O=C(N[C@H]1CC[C@@H](C(=O)N2C3CCC2C(C(=O)O)C3)C1)OCC1c2ccccc2-c2ccccc21. The van der Waals surface area contributed by atoms with Crippen LogP contribution in [0.25, 0.3) is 11.1 Å². The van der Waals surface area contributed by atoms with Crippen LogP contribution in [0.1, 0.15) is 55.6 Å². The minimum atomic E-state index is -0.795. The fraction of sp³-hybridized carbons (Fsp3) is 0.464. The Morgan fingerprint density at radius 3 is 2.26 bits per heavy atom. The van der Waals surface area contributed by atoms with Crippen LogP contribution in [0.2, 0.25) is 0 Å². The quantitative estimate of drug-likeness (QED) is 0.679. The predicted octanol–water partition coefficient (Wildman–Crippen LogP) is 4.16. The molecule has 2 amide bonds. The summed E-state index contributed by atoms with van der Waals surface area (Å²) in [6.07, 6.45) is 3.82. The van der Waals surface area contributed by atoms with Crippen LogP contribution in [0.3, 0.4) is 0 Å². The first-order chi connectivity index (χ1) is 17.0. The number of nitrogens with zero attached hydrogens (tertiary/aromatic N) is 1. The highest BCUT2D eigenvalue weighted by atomic mass is 16.5. The van der Waals surface area contributed by atoms with Gasteiger partial charge in [-0.05, 0) is 60.8 Å². The number of ether oxygens (including phenoxy) is 1. The third-order valence-electron chi connectivity index (χ3n) is 8.56. The van der Waals surface area contributed by atoms with E-state index in [4.69, 9.17) is 4.74 Å². The molecule has 4 aliphatic rings. The van der Waals surface area contributed by atoms with Gasteiger partial charge in [-0.3, -0.25) is 9.59 Å². The van der Waals surface area contributed by atoms with Crippen LogP contribution in [0.15, 0.2) is 48.5 Å². The Balaban J connectivity index is 1.04. The van der Waals surface area contributed by atoms with Gasteiger partial charge in [0.1, 0.15) is 6.61 Å². The second kappa shape index (κ2) is 8.70. The molecule has 2 aliphatic heterocycles. The maximum absolute atomic E-state index is 13.2. The maximum Gasteiger partial charge on any atom is 0.407 e. The fourth-order valence-electron chi connectivity index (χ4n) is 6.95. The predicted molar refractivity (Wildman–Crippen MR) is 129 cm³/mol. The zero-order valence-corrected chi connectivity index (χ0v) is 19.6. The van der Waals surface area contributed by atoms with Gasteiger partial charge in [-0.1, -0.05) is 48.5 Å². The molecule has 5 atom stereocenters. The van der Waals surface area contributed by atoms with E-state index in [9.17, 15) is 19.5 Å². The largest absolute Gasteiger partial charge is 0.481 e. The van der Waals surface area contributed by atoms with Gasteiger partial charge in [0.2, 0.25) is 5.91 Å². The van der Waals surface area contributed by atoms with Gasteiger partial charge < -0.3 is 20.1 Å². The Morgan fingerprint density at radius 2 is 1.60 bits per heavy atom. The van der Waals surface area contributed by atoms with E-state index < -0.39 is 18.0 Å². The first kappa shape index (κ1) is 22.1. The molecule has 0 radical (unpaired) electrons.